The van der Waals surface area contributed by atoms with Crippen molar-refractivity contribution in [3.8, 4) is 23.3 Å². The minimum atomic E-state index is 0.887. The fourth-order valence-electron chi connectivity index (χ4n) is 3.55. The molecule has 0 saturated heterocycles. The topological polar surface area (TPSA) is 18.5 Å². The van der Waals surface area contributed by atoms with Gasteiger partial charge in [0.2, 0.25) is 0 Å². The summed E-state index contributed by atoms with van der Waals surface area (Å²) in [6.45, 7) is 2.20. The van der Waals surface area contributed by atoms with Crippen molar-refractivity contribution in [2.45, 2.75) is 45.4 Å². The number of fused-ring (bicyclic) bond motifs is 1. The van der Waals surface area contributed by atoms with Crippen molar-refractivity contribution < 1.29 is 9.47 Å². The summed E-state index contributed by atoms with van der Waals surface area (Å²) in [5.41, 5.74) is 6.26. The Kier molecular flexibility index (Phi) is 6.60. The summed E-state index contributed by atoms with van der Waals surface area (Å²) in [4.78, 5) is 0. The highest BCUT2D eigenvalue weighted by molar-refractivity contribution is 5.99. The lowest BCUT2D eigenvalue weighted by Crippen LogP contribution is -1.94. The maximum atomic E-state index is 5.45. The van der Waals surface area contributed by atoms with E-state index in [-0.39, 0.29) is 0 Å². The summed E-state index contributed by atoms with van der Waals surface area (Å²) < 4.78 is 10.9. The second-order valence-electron chi connectivity index (χ2n) is 6.87. The van der Waals surface area contributed by atoms with Crippen LogP contribution in [0.4, 0.5) is 0 Å². The second-order valence-corrected chi connectivity index (χ2v) is 6.87. The van der Waals surface area contributed by atoms with E-state index in [9.17, 15) is 0 Å². The van der Waals surface area contributed by atoms with Crippen molar-refractivity contribution in [1.29, 1.82) is 0 Å². The predicted molar refractivity (Wildman–Crippen MR) is 113 cm³/mol. The van der Waals surface area contributed by atoms with Gasteiger partial charge in [-0.15, -0.1) is 0 Å². The molecule has 0 saturated carbocycles. The molecule has 1 aliphatic carbocycles. The van der Waals surface area contributed by atoms with Gasteiger partial charge in [-0.3, -0.25) is 0 Å². The third kappa shape index (κ3) is 4.55. The van der Waals surface area contributed by atoms with Crippen LogP contribution in [0.15, 0.2) is 42.5 Å². The third-order valence-electron chi connectivity index (χ3n) is 5.04. The second kappa shape index (κ2) is 9.33. The molecule has 0 aliphatic heterocycles. The van der Waals surface area contributed by atoms with Crippen LogP contribution in [-0.4, -0.2) is 14.2 Å². The fraction of sp³-hybridized carbons (Fsp3) is 0.360. The Morgan fingerprint density at radius 3 is 2.56 bits per heavy atom. The highest BCUT2D eigenvalue weighted by Gasteiger charge is 2.18. The highest BCUT2D eigenvalue weighted by Crippen LogP contribution is 2.37. The Morgan fingerprint density at radius 1 is 0.963 bits per heavy atom. The largest absolute Gasteiger partial charge is 0.497 e. The number of aryl methyl sites for hydroxylation is 1. The number of ether oxygens (including phenoxy) is 2. The Morgan fingerprint density at radius 2 is 1.78 bits per heavy atom. The summed E-state index contributed by atoms with van der Waals surface area (Å²) in [6.07, 6.45) is 6.42. The molecular weight excluding hydrogens is 332 g/mol. The van der Waals surface area contributed by atoms with E-state index >= 15 is 0 Å². The molecule has 2 nitrogen and oxygen atoms in total. The molecule has 0 fully saturated rings. The molecule has 0 heterocycles. The van der Waals surface area contributed by atoms with E-state index in [1.54, 1.807) is 14.2 Å². The van der Waals surface area contributed by atoms with Crippen molar-refractivity contribution in [3.63, 3.8) is 0 Å². The van der Waals surface area contributed by atoms with Crippen LogP contribution in [0.1, 0.15) is 55.7 Å². The maximum Gasteiger partial charge on any atom is 0.119 e. The smallest absolute Gasteiger partial charge is 0.119 e. The van der Waals surface area contributed by atoms with E-state index < -0.39 is 0 Å². The van der Waals surface area contributed by atoms with E-state index in [1.807, 2.05) is 12.1 Å². The number of unbranched alkanes of at least 4 members (excludes halogenated alkanes) is 2. The van der Waals surface area contributed by atoms with E-state index in [0.717, 1.165) is 49.2 Å². The van der Waals surface area contributed by atoms with Gasteiger partial charge in [0.05, 0.1) is 14.2 Å². The van der Waals surface area contributed by atoms with Gasteiger partial charge in [-0.05, 0) is 78.3 Å². The van der Waals surface area contributed by atoms with Crippen molar-refractivity contribution in [2.75, 3.05) is 14.2 Å². The standard InChI is InChI=1S/C25H28O2/c1-4-5-6-7-13-25-23(19-10-8-12-21(17-19)26-2)14-9-11-20-18-22(27-3)15-16-24(20)25/h8,10,12,15-18H,4-6,9,11,14H2,1-3H3. The van der Waals surface area contributed by atoms with Crippen LogP contribution in [0.5, 0.6) is 11.5 Å². The number of hydrogen-bond acceptors (Lipinski definition) is 2. The fourth-order valence-corrected chi connectivity index (χ4v) is 3.55. The molecule has 0 radical (unpaired) electrons. The third-order valence-corrected chi connectivity index (χ3v) is 5.04. The molecule has 3 rings (SSSR count). The van der Waals surface area contributed by atoms with Gasteiger partial charge >= 0.3 is 0 Å². The summed E-state index contributed by atoms with van der Waals surface area (Å²) in [7, 11) is 3.44. The average Bonchev–Trinajstić information content (AvgIpc) is 2.90. The molecule has 140 valence electrons. The van der Waals surface area contributed by atoms with Gasteiger partial charge in [0.15, 0.2) is 0 Å². The quantitative estimate of drug-likeness (QED) is 0.471. The molecule has 0 bridgehead atoms. The Bertz CT molecular complexity index is 881. The minimum absolute atomic E-state index is 0.887. The van der Waals surface area contributed by atoms with Crippen LogP contribution in [0.3, 0.4) is 0 Å². The van der Waals surface area contributed by atoms with Gasteiger partial charge in [0.25, 0.3) is 0 Å². The monoisotopic (exact) mass is 360 g/mol. The van der Waals surface area contributed by atoms with Crippen LogP contribution in [-0.2, 0) is 6.42 Å². The van der Waals surface area contributed by atoms with Gasteiger partial charge in [0, 0.05) is 12.0 Å². The number of methoxy groups -OCH3 is 2. The first-order valence-corrected chi connectivity index (χ1v) is 9.80. The predicted octanol–water partition coefficient (Wildman–Crippen LogP) is 6.14. The molecule has 1 aliphatic rings. The maximum absolute atomic E-state index is 5.45. The molecule has 2 aromatic carbocycles. The highest BCUT2D eigenvalue weighted by atomic mass is 16.5. The van der Waals surface area contributed by atoms with Crippen molar-refractivity contribution in [3.05, 3.63) is 59.2 Å². The van der Waals surface area contributed by atoms with Crippen LogP contribution in [0, 0.1) is 11.8 Å². The van der Waals surface area contributed by atoms with Gasteiger partial charge in [0.1, 0.15) is 11.5 Å². The lowest BCUT2D eigenvalue weighted by atomic mass is 9.92. The molecule has 0 spiro atoms. The molecule has 0 amide bonds. The van der Waals surface area contributed by atoms with Crippen LogP contribution < -0.4 is 9.47 Å². The first kappa shape index (κ1) is 19.1. The molecule has 2 aromatic rings. The molecule has 0 aromatic heterocycles. The number of benzene rings is 2. The number of hydrogen-bond donors (Lipinski definition) is 0. The Labute approximate surface area is 163 Å². The van der Waals surface area contributed by atoms with Crippen LogP contribution >= 0.6 is 0 Å². The zero-order valence-electron chi connectivity index (χ0n) is 16.6. The minimum Gasteiger partial charge on any atom is -0.497 e. The number of allylic oxidation sites excluding steroid dienone is 2. The normalized spacial score (nSPS) is 13.3. The van der Waals surface area contributed by atoms with Crippen molar-refractivity contribution in [2.24, 2.45) is 0 Å². The molecule has 27 heavy (non-hydrogen) atoms. The molecule has 2 heteroatoms. The van der Waals surface area contributed by atoms with E-state index in [2.05, 4.69) is 49.1 Å². The zero-order valence-corrected chi connectivity index (χ0v) is 16.6. The van der Waals surface area contributed by atoms with Crippen LogP contribution in [0.25, 0.3) is 11.1 Å². The summed E-state index contributed by atoms with van der Waals surface area (Å²) in [5.74, 6) is 8.74. The molecule has 0 unspecified atom stereocenters. The zero-order chi connectivity index (χ0) is 19.1. The lowest BCUT2D eigenvalue weighted by Gasteiger charge is -2.13. The average molecular weight is 360 g/mol. The van der Waals surface area contributed by atoms with Gasteiger partial charge < -0.3 is 9.47 Å². The van der Waals surface area contributed by atoms with Gasteiger partial charge in [-0.2, -0.15) is 0 Å². The van der Waals surface area contributed by atoms with E-state index in [0.29, 0.717) is 0 Å². The SMILES string of the molecule is CCCCC#CC1=C(c2cccc(OC)c2)CCCc2cc(OC)ccc21. The summed E-state index contributed by atoms with van der Waals surface area (Å²) in [5, 5.41) is 0. The van der Waals surface area contributed by atoms with Gasteiger partial charge in [-0.25, -0.2) is 0 Å². The summed E-state index contributed by atoms with van der Waals surface area (Å²) >= 11 is 0. The first-order chi connectivity index (χ1) is 13.3. The van der Waals surface area contributed by atoms with Crippen molar-refractivity contribution in [1.82, 2.24) is 0 Å². The van der Waals surface area contributed by atoms with Crippen molar-refractivity contribution >= 4 is 11.1 Å². The van der Waals surface area contributed by atoms with Crippen LogP contribution in [0.2, 0.25) is 0 Å². The Hall–Kier alpha value is -2.66. The molecular formula is C25H28O2. The molecule has 0 N–H and O–H groups in total. The summed E-state index contributed by atoms with van der Waals surface area (Å²) in [6, 6.07) is 14.7. The number of rotatable bonds is 5. The first-order valence-electron chi connectivity index (χ1n) is 9.80. The van der Waals surface area contributed by atoms with Gasteiger partial charge in [-0.1, -0.05) is 37.3 Å². The lowest BCUT2D eigenvalue weighted by molar-refractivity contribution is 0.414. The molecule has 0 atom stereocenters. The Balaban J connectivity index is 2.14. The van der Waals surface area contributed by atoms with E-state index in [4.69, 9.17) is 9.47 Å². The van der Waals surface area contributed by atoms with E-state index in [1.165, 1.54) is 28.7 Å².